The van der Waals surface area contributed by atoms with Gasteiger partial charge in [-0.2, -0.15) is 0 Å². The van der Waals surface area contributed by atoms with Gasteiger partial charge >= 0.3 is 11.9 Å². The Morgan fingerprint density at radius 3 is 1.41 bits per heavy atom. The van der Waals surface area contributed by atoms with Crippen molar-refractivity contribution < 1.29 is 19.1 Å². The lowest BCUT2D eigenvalue weighted by Gasteiger charge is -2.04. The number of thiophene rings is 2. The first kappa shape index (κ1) is 14.5. The molecule has 22 heavy (non-hydrogen) atoms. The van der Waals surface area contributed by atoms with Crippen LogP contribution in [0.25, 0.3) is 0 Å². The molecule has 0 radical (unpaired) electrons. The van der Waals surface area contributed by atoms with Gasteiger partial charge in [-0.05, 0) is 59.3 Å². The highest BCUT2D eigenvalue weighted by Crippen LogP contribution is 2.21. The van der Waals surface area contributed by atoms with E-state index in [0.29, 0.717) is 21.3 Å². The average Bonchev–Trinajstić information content (AvgIpc) is 3.21. The Kier molecular flexibility index (Phi) is 4.32. The number of rotatable bonds is 4. The molecule has 6 heteroatoms. The first-order valence-electron chi connectivity index (χ1n) is 6.34. The van der Waals surface area contributed by atoms with Gasteiger partial charge in [0.25, 0.3) is 0 Å². The molecule has 0 N–H and O–H groups in total. The summed E-state index contributed by atoms with van der Waals surface area (Å²) in [7, 11) is 0. The molecule has 4 nitrogen and oxygen atoms in total. The van der Waals surface area contributed by atoms with Crippen molar-refractivity contribution in [1.29, 1.82) is 0 Å². The van der Waals surface area contributed by atoms with Gasteiger partial charge in [0, 0.05) is 0 Å². The number of carbonyl (C=O) groups excluding carboxylic acids is 2. The third-order valence-electron chi connectivity index (χ3n) is 2.73. The van der Waals surface area contributed by atoms with Gasteiger partial charge in [0.1, 0.15) is 0 Å². The zero-order chi connectivity index (χ0) is 15.4. The van der Waals surface area contributed by atoms with E-state index in [2.05, 4.69) is 0 Å². The predicted molar refractivity (Wildman–Crippen MR) is 85.0 cm³/mol. The fraction of sp³-hybridized carbons (Fsp3) is 0. The average molecular weight is 330 g/mol. The van der Waals surface area contributed by atoms with Crippen molar-refractivity contribution in [3.63, 3.8) is 0 Å². The van der Waals surface area contributed by atoms with Crippen LogP contribution in [0.3, 0.4) is 0 Å². The normalized spacial score (nSPS) is 10.2. The molecule has 2 aromatic heterocycles. The molecule has 0 aliphatic heterocycles. The minimum atomic E-state index is -0.458. The summed E-state index contributed by atoms with van der Waals surface area (Å²) in [6.07, 6.45) is 0. The van der Waals surface area contributed by atoms with E-state index < -0.39 is 11.9 Å². The van der Waals surface area contributed by atoms with Crippen LogP contribution in [0.4, 0.5) is 0 Å². The Bertz CT molecular complexity index is 692. The lowest BCUT2D eigenvalue weighted by atomic mass is 10.1. The van der Waals surface area contributed by atoms with Crippen molar-refractivity contribution in [3.8, 4) is 10.1 Å². The van der Waals surface area contributed by atoms with Crippen molar-refractivity contribution in [2.45, 2.75) is 0 Å². The first-order valence-corrected chi connectivity index (χ1v) is 8.10. The number of esters is 2. The quantitative estimate of drug-likeness (QED) is 0.671. The lowest BCUT2D eigenvalue weighted by molar-refractivity contribution is 0.0726. The number of ether oxygens (including phenoxy) is 2. The third-order valence-corrected chi connectivity index (χ3v) is 4.22. The molecule has 0 fully saturated rings. The summed E-state index contributed by atoms with van der Waals surface area (Å²) in [5, 5.41) is 4.72. The van der Waals surface area contributed by atoms with Crippen LogP contribution < -0.4 is 9.47 Å². The molecule has 0 bridgehead atoms. The predicted octanol–water partition coefficient (Wildman–Crippen LogP) is 4.25. The summed E-state index contributed by atoms with van der Waals surface area (Å²) in [6, 6.07) is 13.2. The molecular formula is C16H10O4S2. The SMILES string of the molecule is O=C(Oc1cccs1)c1ccc(C(=O)Oc2cccs2)cc1. The van der Waals surface area contributed by atoms with Crippen LogP contribution in [-0.4, -0.2) is 11.9 Å². The van der Waals surface area contributed by atoms with Crippen molar-refractivity contribution in [3.05, 3.63) is 70.4 Å². The minimum absolute atomic E-state index is 0.376. The highest BCUT2D eigenvalue weighted by molar-refractivity contribution is 7.12. The second-order valence-corrected chi connectivity index (χ2v) is 6.04. The molecule has 0 amide bonds. The summed E-state index contributed by atoms with van der Waals surface area (Å²) in [5.41, 5.74) is 0.752. The molecule has 0 atom stereocenters. The van der Waals surface area contributed by atoms with Gasteiger partial charge in [0.2, 0.25) is 0 Å². The van der Waals surface area contributed by atoms with Crippen LogP contribution in [0.15, 0.2) is 59.3 Å². The highest BCUT2D eigenvalue weighted by atomic mass is 32.1. The van der Waals surface area contributed by atoms with E-state index in [4.69, 9.17) is 9.47 Å². The van der Waals surface area contributed by atoms with Gasteiger partial charge in [-0.15, -0.1) is 22.7 Å². The molecule has 1 aromatic carbocycles. The maximum atomic E-state index is 11.9. The molecule has 2 heterocycles. The van der Waals surface area contributed by atoms with E-state index in [-0.39, 0.29) is 0 Å². The molecule has 3 aromatic rings. The van der Waals surface area contributed by atoms with Gasteiger partial charge in [0.05, 0.1) is 11.1 Å². The zero-order valence-electron chi connectivity index (χ0n) is 11.2. The van der Waals surface area contributed by atoms with Gasteiger partial charge in [-0.25, -0.2) is 9.59 Å². The molecule has 3 rings (SSSR count). The molecule has 110 valence electrons. The van der Waals surface area contributed by atoms with Gasteiger partial charge < -0.3 is 9.47 Å². The Hall–Kier alpha value is -2.44. The standard InChI is InChI=1S/C16H10O4S2/c17-15(19-13-3-1-9-21-13)11-5-7-12(8-6-11)16(18)20-14-4-2-10-22-14/h1-10H. The molecule has 0 aliphatic carbocycles. The summed E-state index contributed by atoms with van der Waals surface area (Å²) in [4.78, 5) is 23.8. The van der Waals surface area contributed by atoms with Crippen LogP contribution >= 0.6 is 22.7 Å². The summed E-state index contributed by atoms with van der Waals surface area (Å²) in [6.45, 7) is 0. The van der Waals surface area contributed by atoms with Gasteiger partial charge in [-0.3, -0.25) is 0 Å². The van der Waals surface area contributed by atoms with E-state index in [1.807, 2.05) is 10.8 Å². The Morgan fingerprint density at radius 1 is 0.682 bits per heavy atom. The second-order valence-electron chi connectivity index (χ2n) is 4.22. The largest absolute Gasteiger partial charge is 0.412 e. The van der Waals surface area contributed by atoms with E-state index in [1.165, 1.54) is 22.7 Å². The van der Waals surface area contributed by atoms with E-state index in [9.17, 15) is 9.59 Å². The topological polar surface area (TPSA) is 52.6 Å². The molecule has 0 spiro atoms. The van der Waals surface area contributed by atoms with Crippen molar-refractivity contribution >= 4 is 34.6 Å². The smallest absolute Gasteiger partial charge is 0.344 e. The van der Waals surface area contributed by atoms with E-state index in [0.717, 1.165) is 0 Å². The fourth-order valence-corrected chi connectivity index (χ4v) is 2.83. The lowest BCUT2D eigenvalue weighted by Crippen LogP contribution is -2.10. The second kappa shape index (κ2) is 6.55. The number of hydrogen-bond acceptors (Lipinski definition) is 6. The van der Waals surface area contributed by atoms with Crippen LogP contribution in [0, 0.1) is 0 Å². The number of hydrogen-bond donors (Lipinski definition) is 0. The van der Waals surface area contributed by atoms with Gasteiger partial charge in [0.15, 0.2) is 10.1 Å². The highest BCUT2D eigenvalue weighted by Gasteiger charge is 2.13. The molecule has 0 unspecified atom stereocenters. The van der Waals surface area contributed by atoms with Crippen molar-refractivity contribution in [2.24, 2.45) is 0 Å². The molecular weight excluding hydrogens is 320 g/mol. The molecule has 0 aliphatic rings. The van der Waals surface area contributed by atoms with Crippen LogP contribution in [-0.2, 0) is 0 Å². The van der Waals surface area contributed by atoms with Crippen molar-refractivity contribution in [2.75, 3.05) is 0 Å². The molecule has 0 saturated heterocycles. The summed E-state index contributed by atoms with van der Waals surface area (Å²) < 4.78 is 10.4. The maximum absolute atomic E-state index is 11.9. The van der Waals surface area contributed by atoms with Crippen LogP contribution in [0.2, 0.25) is 0 Å². The van der Waals surface area contributed by atoms with Gasteiger partial charge in [-0.1, -0.05) is 0 Å². The maximum Gasteiger partial charge on any atom is 0.344 e. The van der Waals surface area contributed by atoms with Crippen LogP contribution in [0.1, 0.15) is 20.7 Å². The van der Waals surface area contributed by atoms with Crippen molar-refractivity contribution in [1.82, 2.24) is 0 Å². The Labute approximate surface area is 134 Å². The third kappa shape index (κ3) is 3.41. The van der Waals surface area contributed by atoms with E-state index >= 15 is 0 Å². The molecule has 0 saturated carbocycles. The van der Waals surface area contributed by atoms with Crippen LogP contribution in [0.5, 0.6) is 10.1 Å². The summed E-state index contributed by atoms with van der Waals surface area (Å²) in [5.74, 6) is -0.916. The number of carbonyl (C=O) groups is 2. The van der Waals surface area contributed by atoms with E-state index in [1.54, 1.807) is 48.5 Å². The monoisotopic (exact) mass is 330 g/mol. The number of benzene rings is 1. The summed E-state index contributed by atoms with van der Waals surface area (Å²) >= 11 is 2.68. The Balaban J connectivity index is 1.67. The Morgan fingerprint density at radius 2 is 1.09 bits per heavy atom. The fourth-order valence-electron chi connectivity index (χ4n) is 1.69. The zero-order valence-corrected chi connectivity index (χ0v) is 12.9. The minimum Gasteiger partial charge on any atom is -0.412 e. The first-order chi connectivity index (χ1) is 10.7.